The minimum atomic E-state index is -1.11. The molecule has 1 fully saturated rings. The third-order valence-electron chi connectivity index (χ3n) is 9.46. The predicted octanol–water partition coefficient (Wildman–Crippen LogP) is 4.87. The van der Waals surface area contributed by atoms with E-state index in [1.807, 2.05) is 24.0 Å². The number of hydrogen-bond acceptors (Lipinski definition) is 8. The van der Waals surface area contributed by atoms with E-state index in [4.69, 9.17) is 19.6 Å². The van der Waals surface area contributed by atoms with Crippen LogP contribution in [0.5, 0.6) is 5.75 Å². The molecule has 0 unspecified atom stereocenters. The summed E-state index contributed by atoms with van der Waals surface area (Å²) in [6, 6.07) is 8.61. The van der Waals surface area contributed by atoms with Crippen molar-refractivity contribution < 1.29 is 23.5 Å². The molecule has 1 spiro atoms. The topological polar surface area (TPSA) is 125 Å². The molecule has 43 heavy (non-hydrogen) atoms. The Morgan fingerprint density at radius 3 is 2.77 bits per heavy atom. The van der Waals surface area contributed by atoms with Crippen molar-refractivity contribution in [2.24, 2.45) is 5.92 Å². The van der Waals surface area contributed by atoms with Crippen LogP contribution in [0, 0.1) is 5.92 Å². The van der Waals surface area contributed by atoms with Gasteiger partial charge in [0.25, 0.3) is 0 Å². The molecule has 0 bridgehead atoms. The number of allylic oxidation sites excluding steroid dienone is 1. The quantitative estimate of drug-likeness (QED) is 0.189. The Morgan fingerprint density at radius 2 is 2.02 bits per heavy atom. The van der Waals surface area contributed by atoms with Gasteiger partial charge >= 0.3 is 11.6 Å². The molecule has 9 nitrogen and oxygen atoms in total. The molecule has 2 N–H and O–H groups in total. The number of benzene rings is 1. The monoisotopic (exact) mass is 583 g/mol. The number of anilines is 1. The van der Waals surface area contributed by atoms with Crippen LogP contribution < -0.4 is 16.1 Å². The van der Waals surface area contributed by atoms with E-state index in [1.54, 1.807) is 44.3 Å². The summed E-state index contributed by atoms with van der Waals surface area (Å²) in [5.74, 6) is 0.585. The van der Waals surface area contributed by atoms with E-state index in [2.05, 4.69) is 18.0 Å². The molecule has 224 valence electrons. The normalized spacial score (nSPS) is 25.0. The lowest BCUT2D eigenvalue weighted by molar-refractivity contribution is -0.182. The highest BCUT2D eigenvalue weighted by atomic mass is 16.6. The zero-order valence-electron chi connectivity index (χ0n) is 25.0. The molecule has 1 amide bonds. The maximum Gasteiger partial charge on any atom is 0.336 e. The van der Waals surface area contributed by atoms with Gasteiger partial charge in [-0.2, -0.15) is 0 Å². The van der Waals surface area contributed by atoms with Crippen LogP contribution in [0.15, 0.2) is 69.5 Å². The number of hydrogen-bond donors (Lipinski definition) is 1. The second-order valence-corrected chi connectivity index (χ2v) is 12.2. The third kappa shape index (κ3) is 4.90. The van der Waals surface area contributed by atoms with E-state index in [-0.39, 0.29) is 12.3 Å². The number of esters is 1. The number of carbonyl (C=O) groups is 2. The summed E-state index contributed by atoms with van der Waals surface area (Å²) in [5, 5.41) is 0.768. The smallest absolute Gasteiger partial charge is 0.336 e. The average molecular weight is 584 g/mol. The Balaban J connectivity index is 1.46. The molecular formula is C34H37N3O6. The minimum absolute atomic E-state index is 0.0427. The van der Waals surface area contributed by atoms with Gasteiger partial charge in [-0.05, 0) is 68.0 Å². The number of carbonyl (C=O) groups excluding carboxylic acids is 2. The van der Waals surface area contributed by atoms with Gasteiger partial charge in [0.1, 0.15) is 17.2 Å². The van der Waals surface area contributed by atoms with Crippen molar-refractivity contribution in [1.82, 2.24) is 9.88 Å². The minimum Gasteiger partial charge on any atom is -0.481 e. The fraction of sp³-hybridized carbons (Fsp3) is 0.412. The van der Waals surface area contributed by atoms with Gasteiger partial charge in [0, 0.05) is 61.1 Å². The Bertz CT molecular complexity index is 1740. The fourth-order valence-corrected chi connectivity index (χ4v) is 6.59. The van der Waals surface area contributed by atoms with Crippen molar-refractivity contribution in [3.05, 3.63) is 87.4 Å². The first-order valence-electron chi connectivity index (χ1n) is 14.9. The standard InChI is InChI=1S/C34H37N3O6/c1-5-20(3)32(40)43-33(4)11-7-8-26(25-14-29(35)36-17-24(25)13-30(38)37-18-21(6-2)19-37)34(33)16-23-12-22-9-10-31(39)41-27(22)15-28(23)42-34/h5,7-10,12,14-15,17,21,26H,6,11,13,16,18-19H2,1-4H3,(H2,35,36)/b20-5+/t26-,33+,34+/m0/s1. The summed E-state index contributed by atoms with van der Waals surface area (Å²) >= 11 is 0. The molecule has 0 radical (unpaired) electrons. The van der Waals surface area contributed by atoms with Gasteiger partial charge < -0.3 is 24.5 Å². The molecule has 3 aliphatic rings. The van der Waals surface area contributed by atoms with Gasteiger partial charge in [-0.1, -0.05) is 25.2 Å². The average Bonchev–Trinajstić information content (AvgIpc) is 3.32. The van der Waals surface area contributed by atoms with Crippen molar-refractivity contribution in [3.8, 4) is 5.75 Å². The molecule has 2 aromatic heterocycles. The number of nitrogen functional groups attached to an aromatic ring is 1. The van der Waals surface area contributed by atoms with Crippen LogP contribution in [0.2, 0.25) is 0 Å². The summed E-state index contributed by atoms with van der Waals surface area (Å²) in [6.07, 6.45) is 9.50. The summed E-state index contributed by atoms with van der Waals surface area (Å²) in [5.41, 5.74) is 6.96. The Labute approximate surface area is 250 Å². The Kier molecular flexibility index (Phi) is 7.15. The van der Waals surface area contributed by atoms with Crippen molar-refractivity contribution in [1.29, 1.82) is 0 Å². The molecule has 9 heteroatoms. The molecule has 1 aromatic carbocycles. The van der Waals surface area contributed by atoms with Crippen molar-refractivity contribution in [2.45, 2.75) is 70.5 Å². The van der Waals surface area contributed by atoms with E-state index in [0.717, 1.165) is 41.6 Å². The molecule has 3 aromatic rings. The zero-order valence-corrected chi connectivity index (χ0v) is 25.0. The molecule has 1 saturated heterocycles. The number of likely N-dealkylation sites (tertiary alicyclic amines) is 1. The van der Waals surface area contributed by atoms with E-state index in [1.165, 1.54) is 6.07 Å². The molecule has 4 heterocycles. The van der Waals surface area contributed by atoms with Crippen LogP contribution in [-0.2, 0) is 27.2 Å². The number of amides is 1. The van der Waals surface area contributed by atoms with E-state index in [9.17, 15) is 14.4 Å². The van der Waals surface area contributed by atoms with Gasteiger partial charge in [-0.25, -0.2) is 14.6 Å². The second kappa shape index (κ2) is 10.7. The largest absolute Gasteiger partial charge is 0.481 e. The predicted molar refractivity (Wildman–Crippen MR) is 163 cm³/mol. The Morgan fingerprint density at radius 1 is 1.23 bits per heavy atom. The number of pyridine rings is 1. The van der Waals surface area contributed by atoms with Crippen LogP contribution in [0.4, 0.5) is 5.82 Å². The van der Waals surface area contributed by atoms with E-state index >= 15 is 0 Å². The van der Waals surface area contributed by atoms with E-state index < -0.39 is 28.7 Å². The lowest BCUT2D eigenvalue weighted by Gasteiger charge is -2.50. The number of rotatable bonds is 6. The molecule has 1 aliphatic carbocycles. The van der Waals surface area contributed by atoms with Crippen LogP contribution in [0.3, 0.4) is 0 Å². The number of nitrogens with zero attached hydrogens (tertiary/aromatic N) is 2. The van der Waals surface area contributed by atoms with Crippen LogP contribution in [0.25, 0.3) is 11.0 Å². The molecule has 6 rings (SSSR count). The van der Waals surface area contributed by atoms with Gasteiger partial charge in [0.15, 0.2) is 11.2 Å². The molecule has 0 saturated carbocycles. The number of aromatic nitrogens is 1. The number of ether oxygens (including phenoxy) is 2. The lowest BCUT2D eigenvalue weighted by Crippen LogP contribution is -2.62. The number of nitrogens with two attached hydrogens (primary N) is 1. The SMILES string of the molecule is C/C=C(\C)C(=O)O[C@]1(C)CC=C[C@@H](c2cc(N)ncc2CC(=O)N2CC(CC)C2)[C@]12Cc1cc3ccc(=O)oc3cc1O2. The maximum atomic E-state index is 13.3. The Hall–Kier alpha value is -4.40. The molecular weight excluding hydrogens is 546 g/mol. The molecule has 2 aliphatic heterocycles. The second-order valence-electron chi connectivity index (χ2n) is 12.2. The van der Waals surface area contributed by atoms with E-state index in [0.29, 0.717) is 41.5 Å². The first-order chi connectivity index (χ1) is 20.6. The van der Waals surface area contributed by atoms with Gasteiger partial charge in [-0.15, -0.1) is 0 Å². The summed E-state index contributed by atoms with van der Waals surface area (Å²) < 4.78 is 18.7. The fourth-order valence-electron chi connectivity index (χ4n) is 6.59. The highest BCUT2D eigenvalue weighted by molar-refractivity contribution is 5.88. The summed E-state index contributed by atoms with van der Waals surface area (Å²) in [6.45, 7) is 9.09. The first-order valence-corrected chi connectivity index (χ1v) is 14.9. The zero-order chi connectivity index (χ0) is 30.5. The van der Waals surface area contributed by atoms with Crippen LogP contribution >= 0.6 is 0 Å². The lowest BCUT2D eigenvalue weighted by atomic mass is 9.64. The maximum absolute atomic E-state index is 13.3. The van der Waals surface area contributed by atoms with Crippen LogP contribution in [0.1, 0.15) is 63.1 Å². The van der Waals surface area contributed by atoms with Crippen molar-refractivity contribution in [2.75, 3.05) is 18.8 Å². The highest BCUT2D eigenvalue weighted by Crippen LogP contribution is 2.55. The van der Waals surface area contributed by atoms with Gasteiger partial charge in [-0.3, -0.25) is 4.79 Å². The summed E-state index contributed by atoms with van der Waals surface area (Å²) in [7, 11) is 0. The summed E-state index contributed by atoms with van der Waals surface area (Å²) in [4.78, 5) is 44.8. The van der Waals surface area contributed by atoms with Gasteiger partial charge in [0.05, 0.1) is 6.42 Å². The first kappa shape index (κ1) is 28.7. The van der Waals surface area contributed by atoms with Gasteiger partial charge in [0.2, 0.25) is 5.91 Å². The van der Waals surface area contributed by atoms with Crippen molar-refractivity contribution >= 4 is 28.7 Å². The van der Waals surface area contributed by atoms with Crippen LogP contribution in [-0.4, -0.2) is 46.1 Å². The highest BCUT2D eigenvalue weighted by Gasteiger charge is 2.62. The molecule has 3 atom stereocenters. The number of fused-ring (bicyclic) bond motifs is 2. The third-order valence-corrected chi connectivity index (χ3v) is 9.46. The van der Waals surface area contributed by atoms with Crippen molar-refractivity contribution in [3.63, 3.8) is 0 Å².